The summed E-state index contributed by atoms with van der Waals surface area (Å²) in [5, 5.41) is 0. The van der Waals surface area contributed by atoms with Crippen molar-refractivity contribution in [3.8, 4) is 0 Å². The summed E-state index contributed by atoms with van der Waals surface area (Å²) in [7, 11) is 0. The van der Waals surface area contributed by atoms with E-state index in [4.69, 9.17) is 4.78 Å². The second-order valence-electron chi connectivity index (χ2n) is 0.537. The molecule has 0 aromatic carbocycles. The van der Waals surface area contributed by atoms with E-state index in [1.165, 1.54) is 0 Å². The molecule has 0 spiro atoms. The van der Waals surface area contributed by atoms with E-state index in [9.17, 15) is 0 Å². The zero-order valence-corrected chi connectivity index (χ0v) is 3.88. The van der Waals surface area contributed by atoms with Crippen molar-refractivity contribution < 1.29 is 0 Å². The van der Waals surface area contributed by atoms with Gasteiger partial charge >= 0.3 is 0 Å². The van der Waals surface area contributed by atoms with Gasteiger partial charge in [0.2, 0.25) is 0 Å². The second kappa shape index (κ2) is 3.82. The van der Waals surface area contributed by atoms with E-state index in [0.29, 0.717) is 0 Å². The Kier molecular flexibility index (Phi) is 3.68. The average Bonchev–Trinajstić information content (AvgIpc) is 1.41. The lowest BCUT2D eigenvalue weighted by Crippen LogP contribution is -1.55. The standard InChI is InChI=1S/C2H6N2S/c1-2-4-5-3/h3H,2H2,1H3. The van der Waals surface area contributed by atoms with E-state index in [1.54, 1.807) is 0 Å². The highest BCUT2D eigenvalue weighted by Gasteiger charge is 1.49. The Bertz CT molecular complexity index is 54.7. The lowest BCUT2D eigenvalue weighted by atomic mass is 10.8. The zero-order chi connectivity index (χ0) is 4.12. The highest BCUT2D eigenvalue weighted by molar-refractivity contribution is 7.55. The monoisotopic (exact) mass is 90.0 g/mol. The lowest BCUT2D eigenvalue weighted by molar-refractivity contribution is 1.16. The molecule has 0 saturated heterocycles. The predicted octanol–water partition coefficient (Wildman–Crippen LogP) is 1.03. The molecule has 0 heterocycles. The van der Waals surface area contributed by atoms with Crippen molar-refractivity contribution >= 4 is 11.4 Å². The van der Waals surface area contributed by atoms with Gasteiger partial charge in [-0.05, 0) is 6.92 Å². The quantitative estimate of drug-likeness (QED) is 0.499. The van der Waals surface area contributed by atoms with Gasteiger partial charge in [-0.1, -0.05) is 0 Å². The smallest absolute Gasteiger partial charge is 0.0547 e. The maximum Gasteiger partial charge on any atom is 0.0547 e. The summed E-state index contributed by atoms with van der Waals surface area (Å²) in [5.74, 6) is 0. The SMILES string of the molecule is CCN=S=N. The topological polar surface area (TPSA) is 36.2 Å². The molecule has 0 unspecified atom stereocenters. The number of hydrogen-bond donors (Lipinski definition) is 1. The predicted molar refractivity (Wildman–Crippen MR) is 23.1 cm³/mol. The van der Waals surface area contributed by atoms with Gasteiger partial charge in [-0.25, -0.2) is 9.14 Å². The highest BCUT2D eigenvalue weighted by atomic mass is 32.1. The molecule has 0 aliphatic carbocycles. The first-order valence-corrected chi connectivity index (χ1v) is 2.18. The van der Waals surface area contributed by atoms with Crippen LogP contribution in [0.15, 0.2) is 4.36 Å². The lowest BCUT2D eigenvalue weighted by Gasteiger charge is -1.60. The molecule has 0 radical (unpaired) electrons. The molecule has 0 aliphatic heterocycles. The van der Waals surface area contributed by atoms with Crippen molar-refractivity contribution in [2.24, 2.45) is 4.36 Å². The Morgan fingerprint density at radius 2 is 2.60 bits per heavy atom. The highest BCUT2D eigenvalue weighted by Crippen LogP contribution is 1.55. The molecular formula is C2H6N2S. The minimum Gasteiger partial charge on any atom is -0.229 e. The van der Waals surface area contributed by atoms with Crippen LogP contribution in [-0.2, 0) is 11.4 Å². The van der Waals surface area contributed by atoms with Gasteiger partial charge in [0.25, 0.3) is 0 Å². The Morgan fingerprint density at radius 1 is 2.00 bits per heavy atom. The van der Waals surface area contributed by atoms with Crippen LogP contribution in [-0.4, -0.2) is 6.54 Å². The van der Waals surface area contributed by atoms with Crippen molar-refractivity contribution in [2.45, 2.75) is 6.92 Å². The van der Waals surface area contributed by atoms with Crippen LogP contribution in [0.3, 0.4) is 0 Å². The van der Waals surface area contributed by atoms with Crippen LogP contribution in [0, 0.1) is 4.78 Å². The molecule has 1 N–H and O–H groups in total. The molecule has 0 atom stereocenters. The molecule has 0 amide bonds. The van der Waals surface area contributed by atoms with Crippen LogP contribution in [0.2, 0.25) is 0 Å². The summed E-state index contributed by atoms with van der Waals surface area (Å²) in [5.41, 5.74) is 0. The van der Waals surface area contributed by atoms with Gasteiger partial charge in [0, 0.05) is 6.54 Å². The van der Waals surface area contributed by atoms with Crippen LogP contribution in [0.1, 0.15) is 6.92 Å². The van der Waals surface area contributed by atoms with Crippen molar-refractivity contribution in [3.05, 3.63) is 0 Å². The van der Waals surface area contributed by atoms with Crippen LogP contribution in [0.5, 0.6) is 0 Å². The fourth-order valence-corrected chi connectivity index (χ4v) is 0.194. The summed E-state index contributed by atoms with van der Waals surface area (Å²) >= 11 is 0.777. The fourth-order valence-electron chi connectivity index (χ4n) is 0.0645. The Balaban J connectivity index is 2.93. The van der Waals surface area contributed by atoms with E-state index < -0.39 is 0 Å². The van der Waals surface area contributed by atoms with Crippen LogP contribution < -0.4 is 0 Å². The van der Waals surface area contributed by atoms with E-state index in [0.717, 1.165) is 17.9 Å². The molecule has 3 heteroatoms. The Morgan fingerprint density at radius 3 is 2.60 bits per heavy atom. The number of rotatable bonds is 1. The van der Waals surface area contributed by atoms with Crippen molar-refractivity contribution in [1.29, 1.82) is 4.78 Å². The van der Waals surface area contributed by atoms with Gasteiger partial charge in [0.1, 0.15) is 0 Å². The summed E-state index contributed by atoms with van der Waals surface area (Å²) < 4.78 is 9.91. The van der Waals surface area contributed by atoms with Gasteiger partial charge in [-0.2, -0.15) is 0 Å². The summed E-state index contributed by atoms with van der Waals surface area (Å²) in [6.07, 6.45) is 0. The Labute approximate surface area is 34.9 Å². The largest absolute Gasteiger partial charge is 0.229 e. The normalized spacial score (nSPS) is 6.60. The maximum atomic E-state index is 6.35. The van der Waals surface area contributed by atoms with Crippen LogP contribution in [0.4, 0.5) is 0 Å². The molecule has 0 aromatic heterocycles. The molecule has 0 saturated carbocycles. The second-order valence-corrected chi connectivity index (χ2v) is 0.977. The molecule has 0 aliphatic rings. The fraction of sp³-hybridized carbons (Fsp3) is 1.00. The number of hydrogen-bond acceptors (Lipinski definition) is 2. The van der Waals surface area contributed by atoms with E-state index >= 15 is 0 Å². The van der Waals surface area contributed by atoms with Crippen molar-refractivity contribution in [1.82, 2.24) is 0 Å². The molecule has 0 fully saturated rings. The molecule has 2 nitrogen and oxygen atoms in total. The summed E-state index contributed by atoms with van der Waals surface area (Å²) in [4.78, 5) is 0. The average molecular weight is 90.2 g/mol. The molecule has 30 valence electrons. The first kappa shape index (κ1) is 4.82. The summed E-state index contributed by atoms with van der Waals surface area (Å²) in [6, 6.07) is 0. The van der Waals surface area contributed by atoms with Crippen molar-refractivity contribution in [2.75, 3.05) is 6.54 Å². The first-order valence-electron chi connectivity index (χ1n) is 1.41. The van der Waals surface area contributed by atoms with Crippen LogP contribution in [0.25, 0.3) is 0 Å². The molecule has 5 heavy (non-hydrogen) atoms. The van der Waals surface area contributed by atoms with Gasteiger partial charge in [-0.3, -0.25) is 0 Å². The molecule has 0 rings (SSSR count). The van der Waals surface area contributed by atoms with Gasteiger partial charge in [0.15, 0.2) is 0 Å². The van der Waals surface area contributed by atoms with Crippen LogP contribution >= 0.6 is 0 Å². The minimum atomic E-state index is 0.744. The third-order valence-electron chi connectivity index (χ3n) is 0.194. The molecule has 0 bridgehead atoms. The minimum absolute atomic E-state index is 0.744. The molecular weight excluding hydrogens is 84.1 g/mol. The number of nitrogens with one attached hydrogen (secondary N) is 1. The van der Waals surface area contributed by atoms with E-state index in [1.807, 2.05) is 6.92 Å². The van der Waals surface area contributed by atoms with E-state index in [2.05, 4.69) is 4.36 Å². The third-order valence-corrected chi connectivity index (χ3v) is 0.581. The van der Waals surface area contributed by atoms with Gasteiger partial charge in [0.05, 0.1) is 11.4 Å². The number of nitrogens with zero attached hydrogens (tertiary/aromatic N) is 1. The van der Waals surface area contributed by atoms with Gasteiger partial charge in [-0.15, -0.1) is 0 Å². The Hall–Kier alpha value is -0.180. The van der Waals surface area contributed by atoms with E-state index in [-0.39, 0.29) is 0 Å². The van der Waals surface area contributed by atoms with Gasteiger partial charge < -0.3 is 0 Å². The maximum absolute atomic E-state index is 6.35. The summed E-state index contributed by atoms with van der Waals surface area (Å²) in [6.45, 7) is 2.65. The molecule has 0 aromatic rings. The first-order chi connectivity index (χ1) is 2.41. The third kappa shape index (κ3) is 3.82. The zero-order valence-electron chi connectivity index (χ0n) is 3.06. The van der Waals surface area contributed by atoms with Crippen molar-refractivity contribution in [3.63, 3.8) is 0 Å².